The van der Waals surface area contributed by atoms with Crippen molar-refractivity contribution in [2.45, 2.75) is 25.9 Å². The highest BCUT2D eigenvalue weighted by Crippen LogP contribution is 2.17. The molecule has 1 unspecified atom stereocenters. The van der Waals surface area contributed by atoms with Gasteiger partial charge in [0, 0.05) is 18.1 Å². The van der Waals surface area contributed by atoms with Crippen molar-refractivity contribution in [3.8, 4) is 0 Å². The number of carboxylic acid groups (broad SMARTS) is 1. The van der Waals surface area contributed by atoms with E-state index in [9.17, 15) is 9.59 Å². The molecule has 0 spiro atoms. The molecule has 1 aromatic rings. The molecule has 0 fully saturated rings. The van der Waals surface area contributed by atoms with Crippen LogP contribution < -0.4 is 5.32 Å². The van der Waals surface area contributed by atoms with E-state index < -0.39 is 18.0 Å². The lowest BCUT2D eigenvalue weighted by Gasteiger charge is -2.21. The molecule has 19 heavy (non-hydrogen) atoms. The van der Waals surface area contributed by atoms with Gasteiger partial charge in [-0.1, -0.05) is 41.1 Å². The Morgan fingerprint density at radius 2 is 2.05 bits per heavy atom. The third-order valence-electron chi connectivity index (χ3n) is 2.72. The number of benzene rings is 1. The first-order valence-electron chi connectivity index (χ1n) is 5.93. The van der Waals surface area contributed by atoms with Gasteiger partial charge in [-0.05, 0) is 18.1 Å². The molecule has 104 valence electrons. The summed E-state index contributed by atoms with van der Waals surface area (Å²) in [5, 5.41) is 11.4. The maximum Gasteiger partial charge on any atom is 0.326 e. The number of aliphatic carboxylic acids is 1. The van der Waals surface area contributed by atoms with Crippen LogP contribution >= 0.6 is 15.9 Å². The molecule has 1 rings (SSSR count). The second kappa shape index (κ2) is 7.13. The van der Waals surface area contributed by atoms with E-state index in [-0.39, 0.29) is 0 Å². The number of carbonyl (C=O) groups excluding carboxylic acids is 1. The van der Waals surface area contributed by atoms with E-state index >= 15 is 0 Å². The highest BCUT2D eigenvalue weighted by atomic mass is 79.9. The van der Waals surface area contributed by atoms with Gasteiger partial charge in [0.2, 0.25) is 0 Å². The molecular formula is C13H17BrN2O3. The van der Waals surface area contributed by atoms with Crippen molar-refractivity contribution in [2.24, 2.45) is 0 Å². The van der Waals surface area contributed by atoms with E-state index in [1.807, 2.05) is 24.3 Å². The Morgan fingerprint density at radius 3 is 2.58 bits per heavy atom. The zero-order valence-electron chi connectivity index (χ0n) is 10.9. The molecule has 0 bridgehead atoms. The molecule has 5 nitrogen and oxygen atoms in total. The lowest BCUT2D eigenvalue weighted by Crippen LogP contribution is -2.46. The summed E-state index contributed by atoms with van der Waals surface area (Å²) >= 11 is 3.41. The fraction of sp³-hybridized carbons (Fsp3) is 0.385. The molecule has 2 amide bonds. The van der Waals surface area contributed by atoms with Crippen LogP contribution in [0.5, 0.6) is 0 Å². The highest BCUT2D eigenvalue weighted by Gasteiger charge is 2.19. The zero-order chi connectivity index (χ0) is 14.4. The van der Waals surface area contributed by atoms with Gasteiger partial charge in [-0.3, -0.25) is 0 Å². The molecule has 0 aliphatic heterocycles. The first kappa shape index (κ1) is 15.5. The smallest absolute Gasteiger partial charge is 0.326 e. The van der Waals surface area contributed by atoms with E-state index in [1.54, 1.807) is 14.0 Å². The van der Waals surface area contributed by atoms with Crippen LogP contribution in [0, 0.1) is 0 Å². The van der Waals surface area contributed by atoms with Gasteiger partial charge in [0.05, 0.1) is 0 Å². The molecule has 1 aromatic carbocycles. The predicted octanol–water partition coefficient (Wildman–Crippen LogP) is 2.45. The predicted molar refractivity (Wildman–Crippen MR) is 75.9 cm³/mol. The Hall–Kier alpha value is -1.56. The van der Waals surface area contributed by atoms with Gasteiger partial charge in [-0.25, -0.2) is 9.59 Å². The highest BCUT2D eigenvalue weighted by molar-refractivity contribution is 9.10. The van der Waals surface area contributed by atoms with Gasteiger partial charge in [-0.15, -0.1) is 0 Å². The number of nitrogens with one attached hydrogen (secondary N) is 1. The fourth-order valence-corrected chi connectivity index (χ4v) is 1.96. The van der Waals surface area contributed by atoms with E-state index in [0.29, 0.717) is 13.0 Å². The van der Waals surface area contributed by atoms with E-state index in [0.717, 1.165) is 10.0 Å². The molecule has 0 aliphatic carbocycles. The van der Waals surface area contributed by atoms with Gasteiger partial charge in [-0.2, -0.15) is 0 Å². The largest absolute Gasteiger partial charge is 0.480 e. The average molecular weight is 329 g/mol. The third kappa shape index (κ3) is 4.55. The van der Waals surface area contributed by atoms with Crippen LogP contribution in [0.4, 0.5) is 4.79 Å². The minimum absolute atomic E-state index is 0.351. The molecular weight excluding hydrogens is 312 g/mol. The molecule has 6 heteroatoms. The van der Waals surface area contributed by atoms with Crippen molar-refractivity contribution in [2.75, 3.05) is 7.05 Å². The van der Waals surface area contributed by atoms with Crippen molar-refractivity contribution >= 4 is 27.9 Å². The molecule has 0 saturated carbocycles. The van der Waals surface area contributed by atoms with Gasteiger partial charge in [0.1, 0.15) is 6.04 Å². The van der Waals surface area contributed by atoms with Crippen LogP contribution in [0.15, 0.2) is 28.7 Å². The summed E-state index contributed by atoms with van der Waals surface area (Å²) in [6.45, 7) is 2.12. The van der Waals surface area contributed by atoms with Crippen LogP contribution in [0.2, 0.25) is 0 Å². The van der Waals surface area contributed by atoms with E-state index in [4.69, 9.17) is 5.11 Å². The average Bonchev–Trinajstić information content (AvgIpc) is 2.37. The molecule has 0 aliphatic rings. The number of amides is 2. The van der Waals surface area contributed by atoms with E-state index in [1.165, 1.54) is 4.90 Å². The maximum absolute atomic E-state index is 11.9. The summed E-state index contributed by atoms with van der Waals surface area (Å²) in [4.78, 5) is 24.2. The van der Waals surface area contributed by atoms with Gasteiger partial charge in [0.25, 0.3) is 0 Å². The standard InChI is InChI=1S/C13H17BrN2O3/c1-3-11(12(17)18)15-13(19)16(2)8-9-6-4-5-7-10(9)14/h4-7,11H,3,8H2,1-2H3,(H,15,19)(H,17,18). The SMILES string of the molecule is CCC(NC(=O)N(C)Cc1ccccc1Br)C(=O)O. The summed E-state index contributed by atoms with van der Waals surface area (Å²) < 4.78 is 0.917. The number of rotatable bonds is 5. The first-order valence-corrected chi connectivity index (χ1v) is 6.72. The Bertz CT molecular complexity index is 465. The number of hydrogen-bond acceptors (Lipinski definition) is 2. The van der Waals surface area contributed by atoms with Crippen molar-refractivity contribution < 1.29 is 14.7 Å². The first-order chi connectivity index (χ1) is 8.95. The van der Waals surface area contributed by atoms with Crippen LogP contribution in [0.1, 0.15) is 18.9 Å². The number of urea groups is 1. The summed E-state index contributed by atoms with van der Waals surface area (Å²) in [6, 6.07) is 6.33. The monoisotopic (exact) mass is 328 g/mol. The zero-order valence-corrected chi connectivity index (χ0v) is 12.5. The topological polar surface area (TPSA) is 69.6 Å². The number of carboxylic acids is 1. The summed E-state index contributed by atoms with van der Waals surface area (Å²) in [5.41, 5.74) is 0.962. The minimum Gasteiger partial charge on any atom is -0.480 e. The minimum atomic E-state index is -1.02. The van der Waals surface area contributed by atoms with Crippen molar-refractivity contribution in [3.63, 3.8) is 0 Å². The Morgan fingerprint density at radius 1 is 1.42 bits per heavy atom. The Labute approximate surface area is 120 Å². The Balaban J connectivity index is 2.63. The Kier molecular flexibility index (Phi) is 5.82. The van der Waals surface area contributed by atoms with Gasteiger partial charge >= 0.3 is 12.0 Å². The number of hydrogen-bond donors (Lipinski definition) is 2. The summed E-state index contributed by atoms with van der Waals surface area (Å²) in [7, 11) is 1.63. The van der Waals surface area contributed by atoms with Crippen molar-refractivity contribution in [1.82, 2.24) is 10.2 Å². The van der Waals surface area contributed by atoms with Gasteiger partial charge < -0.3 is 15.3 Å². The van der Waals surface area contributed by atoms with Crippen LogP contribution in [-0.2, 0) is 11.3 Å². The number of halogens is 1. The second-order valence-corrected chi connectivity index (χ2v) is 5.05. The van der Waals surface area contributed by atoms with Crippen molar-refractivity contribution in [3.05, 3.63) is 34.3 Å². The second-order valence-electron chi connectivity index (χ2n) is 4.20. The molecule has 0 heterocycles. The lowest BCUT2D eigenvalue weighted by molar-refractivity contribution is -0.139. The molecule has 0 radical (unpaired) electrons. The molecule has 2 N–H and O–H groups in total. The van der Waals surface area contributed by atoms with Crippen LogP contribution in [0.3, 0.4) is 0 Å². The summed E-state index contributed by atoms with van der Waals surface area (Å²) in [6.07, 6.45) is 0.351. The lowest BCUT2D eigenvalue weighted by atomic mass is 10.2. The molecule has 1 atom stereocenters. The number of carbonyl (C=O) groups is 2. The van der Waals surface area contributed by atoms with Crippen LogP contribution in [0.25, 0.3) is 0 Å². The molecule has 0 saturated heterocycles. The number of nitrogens with zero attached hydrogens (tertiary/aromatic N) is 1. The third-order valence-corrected chi connectivity index (χ3v) is 3.49. The van der Waals surface area contributed by atoms with Crippen LogP contribution in [-0.4, -0.2) is 35.1 Å². The summed E-state index contributed by atoms with van der Waals surface area (Å²) in [5.74, 6) is -1.02. The molecule has 0 aromatic heterocycles. The fourth-order valence-electron chi connectivity index (χ4n) is 1.55. The maximum atomic E-state index is 11.9. The quantitative estimate of drug-likeness (QED) is 0.872. The normalized spacial score (nSPS) is 11.7. The van der Waals surface area contributed by atoms with E-state index in [2.05, 4.69) is 21.2 Å². The van der Waals surface area contributed by atoms with Crippen molar-refractivity contribution in [1.29, 1.82) is 0 Å². The van der Waals surface area contributed by atoms with Gasteiger partial charge in [0.15, 0.2) is 0 Å².